The van der Waals surface area contributed by atoms with Gasteiger partial charge in [-0.05, 0) is 12.5 Å². The molecule has 2 rings (SSSR count). The van der Waals surface area contributed by atoms with Crippen molar-refractivity contribution in [3.63, 3.8) is 0 Å². The summed E-state index contributed by atoms with van der Waals surface area (Å²) in [5.74, 6) is 0.774. The summed E-state index contributed by atoms with van der Waals surface area (Å²) < 4.78 is 1.73. The van der Waals surface area contributed by atoms with E-state index in [2.05, 4.69) is 29.5 Å². The number of carbonyl (C=O) groups is 1. The van der Waals surface area contributed by atoms with E-state index in [1.54, 1.807) is 11.7 Å². The molecule has 0 saturated heterocycles. The summed E-state index contributed by atoms with van der Waals surface area (Å²) in [5.41, 5.74) is 3.20. The van der Waals surface area contributed by atoms with Gasteiger partial charge in [0.2, 0.25) is 5.91 Å². The molecule has 1 aromatic carbocycles. The summed E-state index contributed by atoms with van der Waals surface area (Å²) in [7, 11) is 5.50. The van der Waals surface area contributed by atoms with Gasteiger partial charge in [0.25, 0.3) is 0 Å². The number of hydrogen-bond donors (Lipinski definition) is 1. The minimum Gasteiger partial charge on any atom is -0.361 e. The number of nitrogens with one attached hydrogen (secondary N) is 1. The molecule has 0 aliphatic heterocycles. The lowest BCUT2D eigenvalue weighted by Gasteiger charge is -2.07. The molecule has 106 valence electrons. The average Bonchev–Trinajstić information content (AvgIpc) is 2.83. The predicted molar refractivity (Wildman–Crippen MR) is 80.8 cm³/mol. The fourth-order valence-corrected chi connectivity index (χ4v) is 1.91. The van der Waals surface area contributed by atoms with Crippen LogP contribution in [0.4, 0.5) is 5.82 Å². The van der Waals surface area contributed by atoms with E-state index in [1.165, 1.54) is 5.56 Å². The molecule has 5 nitrogen and oxygen atoms in total. The summed E-state index contributed by atoms with van der Waals surface area (Å²) in [6.07, 6.45) is 0. The molecule has 0 atom stereocenters. The first-order chi connectivity index (χ1) is 9.51. The number of likely N-dealkylation sites (N-methyl/N-ethyl adjacent to an activating group) is 1. The number of benzene rings is 1. The number of rotatable bonds is 4. The molecule has 2 aromatic rings. The van der Waals surface area contributed by atoms with Crippen LogP contribution in [0.25, 0.3) is 11.3 Å². The van der Waals surface area contributed by atoms with Gasteiger partial charge in [-0.1, -0.05) is 29.8 Å². The molecule has 1 N–H and O–H groups in total. The van der Waals surface area contributed by atoms with Crippen molar-refractivity contribution in [3.05, 3.63) is 35.9 Å². The number of hydrogen-bond acceptors (Lipinski definition) is 3. The van der Waals surface area contributed by atoms with Crippen LogP contribution in [0.15, 0.2) is 30.3 Å². The van der Waals surface area contributed by atoms with Gasteiger partial charge in [0.1, 0.15) is 6.54 Å². The van der Waals surface area contributed by atoms with Crippen LogP contribution < -0.4 is 10.2 Å². The van der Waals surface area contributed by atoms with Crippen molar-refractivity contribution in [2.45, 2.75) is 13.5 Å². The van der Waals surface area contributed by atoms with Gasteiger partial charge in [-0.2, -0.15) is 5.10 Å². The van der Waals surface area contributed by atoms with Crippen molar-refractivity contribution in [1.82, 2.24) is 15.1 Å². The molecule has 0 saturated carbocycles. The highest BCUT2D eigenvalue weighted by Gasteiger charge is 2.13. The molecule has 20 heavy (non-hydrogen) atoms. The van der Waals surface area contributed by atoms with E-state index in [0.717, 1.165) is 17.1 Å². The molecule has 0 aliphatic carbocycles. The Morgan fingerprint density at radius 1 is 1.30 bits per heavy atom. The fraction of sp³-hybridized carbons (Fsp3) is 0.333. The second-order valence-corrected chi connectivity index (χ2v) is 4.98. The van der Waals surface area contributed by atoms with E-state index < -0.39 is 0 Å². The zero-order valence-electron chi connectivity index (χ0n) is 12.3. The first kappa shape index (κ1) is 14.1. The Kier molecular flexibility index (Phi) is 4.08. The maximum absolute atomic E-state index is 11.6. The monoisotopic (exact) mass is 272 g/mol. The van der Waals surface area contributed by atoms with E-state index in [4.69, 9.17) is 0 Å². The van der Waals surface area contributed by atoms with Crippen LogP contribution in [0, 0.1) is 6.92 Å². The van der Waals surface area contributed by atoms with Gasteiger partial charge in [0.05, 0.1) is 5.69 Å². The van der Waals surface area contributed by atoms with Crippen LogP contribution in [0.2, 0.25) is 0 Å². The molecule has 0 unspecified atom stereocenters. The summed E-state index contributed by atoms with van der Waals surface area (Å²) in [6.45, 7) is 2.27. The minimum atomic E-state index is -0.0632. The van der Waals surface area contributed by atoms with Crippen molar-refractivity contribution in [2.75, 3.05) is 26.0 Å². The lowest BCUT2D eigenvalue weighted by atomic mass is 10.1. The highest BCUT2D eigenvalue weighted by atomic mass is 16.1. The SMILES string of the molecule is CNC(=O)Cn1nc(N(C)C)cc1-c1ccc(C)cc1. The highest BCUT2D eigenvalue weighted by molar-refractivity contribution is 5.76. The van der Waals surface area contributed by atoms with Gasteiger partial charge < -0.3 is 10.2 Å². The Morgan fingerprint density at radius 2 is 1.95 bits per heavy atom. The Morgan fingerprint density at radius 3 is 2.50 bits per heavy atom. The molecule has 5 heteroatoms. The van der Waals surface area contributed by atoms with Crippen molar-refractivity contribution < 1.29 is 4.79 Å². The van der Waals surface area contributed by atoms with Crippen molar-refractivity contribution in [2.24, 2.45) is 0 Å². The quantitative estimate of drug-likeness (QED) is 0.921. The van der Waals surface area contributed by atoms with Crippen molar-refractivity contribution in [3.8, 4) is 11.3 Å². The number of amides is 1. The maximum atomic E-state index is 11.6. The molecule has 1 aromatic heterocycles. The third kappa shape index (κ3) is 2.99. The lowest BCUT2D eigenvalue weighted by molar-refractivity contribution is -0.121. The van der Waals surface area contributed by atoms with E-state index in [-0.39, 0.29) is 12.5 Å². The van der Waals surface area contributed by atoms with Crippen LogP contribution >= 0.6 is 0 Å². The molecule has 0 bridgehead atoms. The highest BCUT2D eigenvalue weighted by Crippen LogP contribution is 2.24. The Balaban J connectivity index is 2.43. The molecule has 0 fully saturated rings. The summed E-state index contributed by atoms with van der Waals surface area (Å²) in [6, 6.07) is 10.2. The zero-order valence-corrected chi connectivity index (χ0v) is 12.3. The molecule has 0 aliphatic rings. The van der Waals surface area contributed by atoms with E-state index in [0.29, 0.717) is 0 Å². The van der Waals surface area contributed by atoms with E-state index >= 15 is 0 Å². The van der Waals surface area contributed by atoms with Crippen LogP contribution in [-0.4, -0.2) is 36.8 Å². The second kappa shape index (κ2) is 5.77. The van der Waals surface area contributed by atoms with E-state index in [1.807, 2.05) is 37.2 Å². The molecular weight excluding hydrogens is 252 g/mol. The third-order valence-electron chi connectivity index (χ3n) is 3.14. The first-order valence-electron chi connectivity index (χ1n) is 6.54. The number of aromatic nitrogens is 2. The predicted octanol–water partition coefficient (Wildman–Crippen LogP) is 1.67. The van der Waals surface area contributed by atoms with Crippen molar-refractivity contribution >= 4 is 11.7 Å². The summed E-state index contributed by atoms with van der Waals surface area (Å²) >= 11 is 0. The van der Waals surface area contributed by atoms with E-state index in [9.17, 15) is 4.79 Å². The standard InChI is InChI=1S/C15H20N4O/c1-11-5-7-12(8-6-11)13-9-14(18(3)4)17-19(13)10-15(20)16-2/h5-9H,10H2,1-4H3,(H,16,20). The molecule has 1 amide bonds. The first-order valence-corrected chi connectivity index (χ1v) is 6.54. The molecule has 0 radical (unpaired) electrons. The maximum Gasteiger partial charge on any atom is 0.241 e. The zero-order chi connectivity index (χ0) is 14.7. The minimum absolute atomic E-state index is 0.0632. The Hall–Kier alpha value is -2.30. The largest absolute Gasteiger partial charge is 0.361 e. The van der Waals surface area contributed by atoms with Gasteiger partial charge in [-0.25, -0.2) is 0 Å². The summed E-state index contributed by atoms with van der Waals surface area (Å²) in [5, 5.41) is 7.10. The number of aryl methyl sites for hydroxylation is 1. The van der Waals surface area contributed by atoms with Gasteiger partial charge in [0.15, 0.2) is 5.82 Å². The second-order valence-electron chi connectivity index (χ2n) is 4.98. The number of anilines is 1. The van der Waals surface area contributed by atoms with Crippen LogP contribution in [0.3, 0.4) is 0 Å². The lowest BCUT2D eigenvalue weighted by Crippen LogP contribution is -2.24. The van der Waals surface area contributed by atoms with Gasteiger partial charge in [-0.3, -0.25) is 9.48 Å². The molecule has 1 heterocycles. The Bertz CT molecular complexity index is 599. The molecular formula is C15H20N4O. The smallest absolute Gasteiger partial charge is 0.241 e. The van der Waals surface area contributed by atoms with Crippen LogP contribution in [-0.2, 0) is 11.3 Å². The van der Waals surface area contributed by atoms with Gasteiger partial charge in [0, 0.05) is 27.2 Å². The van der Waals surface area contributed by atoms with Gasteiger partial charge in [-0.15, -0.1) is 0 Å². The normalized spacial score (nSPS) is 10.4. The van der Waals surface area contributed by atoms with Crippen LogP contribution in [0.5, 0.6) is 0 Å². The fourth-order valence-electron chi connectivity index (χ4n) is 1.91. The number of carbonyl (C=O) groups excluding carboxylic acids is 1. The third-order valence-corrected chi connectivity index (χ3v) is 3.14. The molecule has 0 spiro atoms. The number of nitrogens with zero attached hydrogens (tertiary/aromatic N) is 3. The topological polar surface area (TPSA) is 50.2 Å². The van der Waals surface area contributed by atoms with Gasteiger partial charge >= 0.3 is 0 Å². The van der Waals surface area contributed by atoms with Crippen LogP contribution in [0.1, 0.15) is 5.56 Å². The summed E-state index contributed by atoms with van der Waals surface area (Å²) in [4.78, 5) is 13.5. The average molecular weight is 272 g/mol. The van der Waals surface area contributed by atoms with Crippen molar-refractivity contribution in [1.29, 1.82) is 0 Å². The Labute approximate surface area is 119 Å².